The first kappa shape index (κ1) is 11.1. The molecule has 0 bridgehead atoms. The Labute approximate surface area is 95.0 Å². The molecule has 0 unspecified atom stereocenters. The van der Waals surface area contributed by atoms with Crippen molar-refractivity contribution >= 4 is 11.5 Å². The molecule has 86 valence electrons. The van der Waals surface area contributed by atoms with E-state index in [1.807, 2.05) is 0 Å². The molecule has 1 aliphatic rings. The van der Waals surface area contributed by atoms with Crippen LogP contribution in [-0.2, 0) is 11.2 Å². The fourth-order valence-corrected chi connectivity index (χ4v) is 2.15. The number of rotatable bonds is 4. The lowest BCUT2D eigenvalue weighted by atomic mass is 9.65. The molecule has 0 aliphatic heterocycles. The molecule has 0 aromatic carbocycles. The number of ketones is 1. The molecule has 1 heterocycles. The molecule has 0 atom stereocenters. The van der Waals surface area contributed by atoms with E-state index in [0.717, 1.165) is 24.8 Å². The second-order valence-electron chi connectivity index (χ2n) is 4.51. The van der Waals surface area contributed by atoms with Gasteiger partial charge in [0.2, 0.25) is 0 Å². The number of nitrogens with zero attached hydrogens (tertiary/aromatic N) is 1. The summed E-state index contributed by atoms with van der Waals surface area (Å²) in [6.45, 7) is 0.450. The van der Waals surface area contributed by atoms with Crippen LogP contribution in [0.3, 0.4) is 0 Å². The highest BCUT2D eigenvalue weighted by atomic mass is 16.1. The van der Waals surface area contributed by atoms with Gasteiger partial charge >= 0.3 is 0 Å². The van der Waals surface area contributed by atoms with Crippen molar-refractivity contribution < 1.29 is 4.79 Å². The van der Waals surface area contributed by atoms with Gasteiger partial charge in [-0.25, -0.2) is 0 Å². The van der Waals surface area contributed by atoms with E-state index in [0.29, 0.717) is 18.7 Å². The lowest BCUT2D eigenvalue weighted by Crippen LogP contribution is -2.45. The summed E-state index contributed by atoms with van der Waals surface area (Å²) in [4.78, 5) is 16.1. The fraction of sp³-hybridized carbons (Fsp3) is 0.500. The van der Waals surface area contributed by atoms with Crippen molar-refractivity contribution in [2.24, 2.45) is 11.1 Å². The van der Waals surface area contributed by atoms with Gasteiger partial charge in [-0.2, -0.15) is 0 Å². The number of hydrogen-bond acceptors (Lipinski definition) is 4. The molecule has 2 rings (SSSR count). The zero-order valence-electron chi connectivity index (χ0n) is 9.28. The number of pyridine rings is 1. The first-order chi connectivity index (χ1) is 7.68. The highest BCUT2D eigenvalue weighted by Crippen LogP contribution is 2.41. The average molecular weight is 219 g/mol. The van der Waals surface area contributed by atoms with Crippen molar-refractivity contribution in [3.63, 3.8) is 0 Å². The zero-order chi connectivity index (χ0) is 11.6. The summed E-state index contributed by atoms with van der Waals surface area (Å²) in [5.41, 5.74) is 12.7. The molecule has 1 fully saturated rings. The molecule has 4 N–H and O–H groups in total. The van der Waals surface area contributed by atoms with Gasteiger partial charge in [-0.3, -0.25) is 9.78 Å². The molecule has 4 heteroatoms. The van der Waals surface area contributed by atoms with Crippen molar-refractivity contribution in [3.05, 3.63) is 24.0 Å². The van der Waals surface area contributed by atoms with Gasteiger partial charge in [0.1, 0.15) is 5.78 Å². The maximum atomic E-state index is 12.1. The predicted octanol–water partition coefficient (Wildman–Crippen LogP) is 0.904. The Balaban J connectivity index is 2.10. The normalized spacial score (nSPS) is 17.8. The smallest absolute Gasteiger partial charge is 0.144 e. The number of anilines is 1. The van der Waals surface area contributed by atoms with E-state index in [4.69, 9.17) is 11.5 Å². The number of carbonyl (C=O) groups excluding carboxylic acids is 1. The van der Waals surface area contributed by atoms with Gasteiger partial charge < -0.3 is 11.5 Å². The summed E-state index contributed by atoms with van der Waals surface area (Å²) in [5.74, 6) is 0.209. The van der Waals surface area contributed by atoms with Crippen LogP contribution in [0.15, 0.2) is 18.5 Å². The van der Waals surface area contributed by atoms with Crippen molar-refractivity contribution in [3.8, 4) is 0 Å². The Morgan fingerprint density at radius 2 is 2.25 bits per heavy atom. The van der Waals surface area contributed by atoms with Crippen molar-refractivity contribution in [2.75, 3.05) is 12.3 Å². The first-order valence-corrected chi connectivity index (χ1v) is 5.60. The Morgan fingerprint density at radius 3 is 2.75 bits per heavy atom. The molecule has 1 saturated carbocycles. The van der Waals surface area contributed by atoms with Crippen LogP contribution in [0.5, 0.6) is 0 Å². The fourth-order valence-electron chi connectivity index (χ4n) is 2.15. The van der Waals surface area contributed by atoms with E-state index in [9.17, 15) is 4.79 Å². The molecule has 0 radical (unpaired) electrons. The summed E-state index contributed by atoms with van der Waals surface area (Å²) in [7, 11) is 0. The summed E-state index contributed by atoms with van der Waals surface area (Å²) in [6, 6.07) is 1.72. The molecule has 1 aliphatic carbocycles. The number of nitrogens with two attached hydrogens (primary N) is 2. The topological polar surface area (TPSA) is 82.0 Å². The van der Waals surface area contributed by atoms with E-state index >= 15 is 0 Å². The molecule has 0 amide bonds. The quantitative estimate of drug-likeness (QED) is 0.788. The minimum absolute atomic E-state index is 0.209. The monoisotopic (exact) mass is 219 g/mol. The predicted molar refractivity (Wildman–Crippen MR) is 62.7 cm³/mol. The third-order valence-electron chi connectivity index (χ3n) is 3.59. The molecule has 1 aromatic rings. The number of nitrogen functional groups attached to an aromatic ring is 1. The van der Waals surface area contributed by atoms with Gasteiger partial charge in [-0.1, -0.05) is 6.42 Å². The van der Waals surface area contributed by atoms with E-state index in [2.05, 4.69) is 4.98 Å². The molecule has 0 saturated heterocycles. The number of aromatic nitrogens is 1. The second kappa shape index (κ2) is 4.22. The standard InChI is InChI=1S/C12H17N3O/c13-8-12(3-1-4-12)11(16)6-9-7-15-5-2-10(9)14/h2,5,7H,1,3-4,6,8,13H2,(H2,14,15). The third kappa shape index (κ3) is 1.80. The summed E-state index contributed by atoms with van der Waals surface area (Å²) in [6.07, 6.45) is 6.59. The lowest BCUT2D eigenvalue weighted by Gasteiger charge is -2.39. The average Bonchev–Trinajstić information content (AvgIpc) is 2.21. The van der Waals surface area contributed by atoms with Crippen molar-refractivity contribution in [1.29, 1.82) is 0 Å². The van der Waals surface area contributed by atoms with Crippen LogP contribution in [0.4, 0.5) is 5.69 Å². The number of Topliss-reactive ketones (excluding diaryl/α,β-unsaturated/α-hetero) is 1. The molecular formula is C12H17N3O. The second-order valence-corrected chi connectivity index (χ2v) is 4.51. The van der Waals surface area contributed by atoms with Crippen LogP contribution >= 0.6 is 0 Å². The van der Waals surface area contributed by atoms with Gasteiger partial charge in [0.05, 0.1) is 0 Å². The summed E-state index contributed by atoms with van der Waals surface area (Å²) >= 11 is 0. The van der Waals surface area contributed by atoms with Crippen LogP contribution in [0.25, 0.3) is 0 Å². The minimum Gasteiger partial charge on any atom is -0.398 e. The van der Waals surface area contributed by atoms with E-state index in [-0.39, 0.29) is 11.2 Å². The number of hydrogen-bond donors (Lipinski definition) is 2. The first-order valence-electron chi connectivity index (χ1n) is 5.60. The molecular weight excluding hydrogens is 202 g/mol. The van der Waals surface area contributed by atoms with Gasteiger partial charge in [-0.15, -0.1) is 0 Å². The van der Waals surface area contributed by atoms with Crippen LogP contribution in [0.1, 0.15) is 24.8 Å². The largest absolute Gasteiger partial charge is 0.398 e. The van der Waals surface area contributed by atoms with E-state index in [1.165, 1.54) is 0 Å². The number of carbonyl (C=O) groups is 1. The van der Waals surface area contributed by atoms with Crippen LogP contribution < -0.4 is 11.5 Å². The SMILES string of the molecule is NCC1(C(=O)Cc2cnccc2N)CCC1. The Kier molecular flexibility index (Phi) is 2.92. The molecule has 0 spiro atoms. The van der Waals surface area contributed by atoms with E-state index < -0.39 is 0 Å². The van der Waals surface area contributed by atoms with Crippen molar-refractivity contribution in [1.82, 2.24) is 4.98 Å². The van der Waals surface area contributed by atoms with Gasteiger partial charge in [-0.05, 0) is 18.9 Å². The molecule has 4 nitrogen and oxygen atoms in total. The van der Waals surface area contributed by atoms with Crippen LogP contribution in [-0.4, -0.2) is 17.3 Å². The van der Waals surface area contributed by atoms with Crippen molar-refractivity contribution in [2.45, 2.75) is 25.7 Å². The Morgan fingerprint density at radius 1 is 1.50 bits per heavy atom. The Hall–Kier alpha value is -1.42. The summed E-state index contributed by atoms with van der Waals surface area (Å²) in [5, 5.41) is 0. The minimum atomic E-state index is -0.276. The Bertz CT molecular complexity index is 393. The maximum Gasteiger partial charge on any atom is 0.144 e. The maximum absolute atomic E-state index is 12.1. The highest BCUT2D eigenvalue weighted by molar-refractivity contribution is 5.88. The molecule has 16 heavy (non-hydrogen) atoms. The van der Waals surface area contributed by atoms with Gasteiger partial charge in [0, 0.05) is 42.0 Å². The van der Waals surface area contributed by atoms with Gasteiger partial charge in [0.15, 0.2) is 0 Å². The van der Waals surface area contributed by atoms with Gasteiger partial charge in [0.25, 0.3) is 0 Å². The summed E-state index contributed by atoms with van der Waals surface area (Å²) < 4.78 is 0. The van der Waals surface area contributed by atoms with E-state index in [1.54, 1.807) is 18.5 Å². The molecule has 1 aromatic heterocycles. The van der Waals surface area contributed by atoms with Crippen LogP contribution in [0, 0.1) is 5.41 Å². The van der Waals surface area contributed by atoms with Crippen LogP contribution in [0.2, 0.25) is 0 Å². The highest BCUT2D eigenvalue weighted by Gasteiger charge is 2.42. The third-order valence-corrected chi connectivity index (χ3v) is 3.59. The lowest BCUT2D eigenvalue weighted by molar-refractivity contribution is -0.132. The zero-order valence-corrected chi connectivity index (χ0v) is 9.28.